The Morgan fingerprint density at radius 1 is 1.00 bits per heavy atom. The average molecular weight is 410 g/mol. The van der Waals surface area contributed by atoms with Gasteiger partial charge in [-0.05, 0) is 41.7 Å². The van der Waals surface area contributed by atoms with E-state index in [4.69, 9.17) is 18.9 Å². The van der Waals surface area contributed by atoms with Gasteiger partial charge in [0.25, 0.3) is 0 Å². The van der Waals surface area contributed by atoms with Gasteiger partial charge in [0, 0.05) is 24.7 Å². The van der Waals surface area contributed by atoms with Crippen LogP contribution in [0.2, 0.25) is 0 Å². The lowest BCUT2D eigenvalue weighted by atomic mass is 9.85. The SMILES string of the molecule is COc1cc(-c2[nH]nc3c2-c2ccc(CC(O)OC)cc2CC3)cc(OC)c1OC. The molecule has 0 spiro atoms. The molecule has 1 aliphatic carbocycles. The number of aliphatic hydroxyl groups excluding tert-OH is 1. The van der Waals surface area contributed by atoms with E-state index in [-0.39, 0.29) is 0 Å². The Balaban J connectivity index is 1.80. The fourth-order valence-electron chi connectivity index (χ4n) is 4.05. The number of hydrogen-bond acceptors (Lipinski definition) is 6. The first kappa shape index (κ1) is 20.3. The van der Waals surface area contributed by atoms with E-state index in [2.05, 4.69) is 22.3 Å². The summed E-state index contributed by atoms with van der Waals surface area (Å²) in [7, 11) is 6.31. The summed E-state index contributed by atoms with van der Waals surface area (Å²) in [6.45, 7) is 0. The molecular formula is C23H26N2O5. The number of aryl methyl sites for hydroxylation is 2. The van der Waals surface area contributed by atoms with Crippen LogP contribution in [0, 0.1) is 0 Å². The lowest BCUT2D eigenvalue weighted by Gasteiger charge is -2.19. The van der Waals surface area contributed by atoms with Crippen molar-refractivity contribution < 1.29 is 24.1 Å². The second kappa shape index (κ2) is 8.38. The Labute approximate surface area is 175 Å². The Morgan fingerprint density at radius 2 is 1.73 bits per heavy atom. The largest absolute Gasteiger partial charge is 0.493 e. The van der Waals surface area contributed by atoms with Gasteiger partial charge < -0.3 is 24.1 Å². The van der Waals surface area contributed by atoms with Crippen molar-refractivity contribution in [3.05, 3.63) is 47.2 Å². The minimum atomic E-state index is -0.800. The fourth-order valence-corrected chi connectivity index (χ4v) is 4.05. The van der Waals surface area contributed by atoms with Gasteiger partial charge >= 0.3 is 0 Å². The lowest BCUT2D eigenvalue weighted by molar-refractivity contribution is -0.0720. The molecule has 30 heavy (non-hydrogen) atoms. The number of methoxy groups -OCH3 is 4. The summed E-state index contributed by atoms with van der Waals surface area (Å²) in [6, 6.07) is 10.1. The number of nitrogens with zero attached hydrogens (tertiary/aromatic N) is 1. The summed E-state index contributed by atoms with van der Waals surface area (Å²) in [6.07, 6.45) is 1.41. The molecule has 0 amide bonds. The number of aliphatic hydroxyl groups is 1. The van der Waals surface area contributed by atoms with Gasteiger partial charge in [0.2, 0.25) is 5.75 Å². The summed E-state index contributed by atoms with van der Waals surface area (Å²) >= 11 is 0. The van der Waals surface area contributed by atoms with Crippen molar-refractivity contribution in [2.45, 2.75) is 25.6 Å². The third kappa shape index (κ3) is 3.51. The van der Waals surface area contributed by atoms with Gasteiger partial charge in [0.1, 0.15) is 0 Å². The molecule has 158 valence electrons. The van der Waals surface area contributed by atoms with Crippen molar-refractivity contribution in [2.24, 2.45) is 0 Å². The Kier molecular flexibility index (Phi) is 5.65. The standard InChI is InChI=1S/C23H26N2O5/c1-27-18-11-15(12-19(28-2)23(18)30-4)22-21-16-7-5-13(10-20(26)29-3)9-14(16)6-8-17(21)24-25-22/h5,7,9,11-12,20,26H,6,8,10H2,1-4H3,(H,24,25). The fraction of sp³-hybridized carbons (Fsp3) is 0.348. The number of fused-ring (bicyclic) bond motifs is 3. The van der Waals surface area contributed by atoms with E-state index in [1.807, 2.05) is 18.2 Å². The monoisotopic (exact) mass is 410 g/mol. The normalized spacial score (nSPS) is 13.4. The van der Waals surface area contributed by atoms with Crippen molar-refractivity contribution in [3.63, 3.8) is 0 Å². The van der Waals surface area contributed by atoms with Gasteiger partial charge in [0.05, 0.1) is 32.7 Å². The van der Waals surface area contributed by atoms with Crippen molar-refractivity contribution in [3.8, 4) is 39.6 Å². The van der Waals surface area contributed by atoms with Crippen LogP contribution < -0.4 is 14.2 Å². The third-order valence-corrected chi connectivity index (χ3v) is 5.55. The Morgan fingerprint density at radius 3 is 2.37 bits per heavy atom. The maximum Gasteiger partial charge on any atom is 0.203 e. The number of hydrogen-bond donors (Lipinski definition) is 2. The quantitative estimate of drug-likeness (QED) is 0.581. The number of aromatic amines is 1. The zero-order chi connectivity index (χ0) is 21.3. The molecule has 1 atom stereocenters. The van der Waals surface area contributed by atoms with Crippen molar-refractivity contribution in [1.29, 1.82) is 0 Å². The van der Waals surface area contributed by atoms with Crippen LogP contribution in [-0.4, -0.2) is 50.0 Å². The summed E-state index contributed by atoms with van der Waals surface area (Å²) in [5.41, 5.74) is 7.37. The number of aromatic nitrogens is 2. The predicted octanol–water partition coefficient (Wildman–Crippen LogP) is 3.38. The molecule has 0 saturated carbocycles. The second-order valence-electron chi connectivity index (χ2n) is 7.22. The molecular weight excluding hydrogens is 384 g/mol. The highest BCUT2D eigenvalue weighted by molar-refractivity contribution is 5.87. The highest BCUT2D eigenvalue weighted by Gasteiger charge is 2.25. The van der Waals surface area contributed by atoms with E-state index < -0.39 is 6.29 Å². The van der Waals surface area contributed by atoms with Crippen molar-refractivity contribution >= 4 is 0 Å². The molecule has 1 aliphatic rings. The number of rotatable bonds is 7. The smallest absolute Gasteiger partial charge is 0.203 e. The van der Waals surface area contributed by atoms with Crippen molar-refractivity contribution in [2.75, 3.05) is 28.4 Å². The Bertz CT molecular complexity index is 1030. The van der Waals surface area contributed by atoms with Crippen LogP contribution in [0.25, 0.3) is 22.4 Å². The topological polar surface area (TPSA) is 85.8 Å². The van der Waals surface area contributed by atoms with Gasteiger partial charge in [0.15, 0.2) is 17.8 Å². The van der Waals surface area contributed by atoms with Crippen molar-refractivity contribution in [1.82, 2.24) is 10.2 Å². The number of nitrogens with one attached hydrogen (secondary N) is 1. The summed E-state index contributed by atoms with van der Waals surface area (Å²) in [4.78, 5) is 0. The molecule has 1 aromatic heterocycles. The number of H-pyrrole nitrogens is 1. The molecule has 0 fully saturated rings. The predicted molar refractivity (Wildman–Crippen MR) is 113 cm³/mol. The molecule has 7 nitrogen and oxygen atoms in total. The maximum absolute atomic E-state index is 9.80. The second-order valence-corrected chi connectivity index (χ2v) is 7.22. The van der Waals surface area contributed by atoms with E-state index in [0.29, 0.717) is 23.7 Å². The van der Waals surface area contributed by atoms with Crippen LogP contribution in [0.4, 0.5) is 0 Å². The molecule has 1 unspecified atom stereocenters. The number of ether oxygens (including phenoxy) is 4. The van der Waals surface area contributed by atoms with Crippen LogP contribution >= 0.6 is 0 Å². The highest BCUT2D eigenvalue weighted by atomic mass is 16.6. The average Bonchev–Trinajstić information content (AvgIpc) is 3.22. The molecule has 7 heteroatoms. The molecule has 1 heterocycles. The van der Waals surface area contributed by atoms with E-state index in [0.717, 1.165) is 46.5 Å². The zero-order valence-electron chi connectivity index (χ0n) is 17.6. The first-order chi connectivity index (χ1) is 14.6. The zero-order valence-corrected chi connectivity index (χ0v) is 17.6. The molecule has 0 bridgehead atoms. The Hall–Kier alpha value is -3.03. The van der Waals surface area contributed by atoms with Gasteiger partial charge in [-0.1, -0.05) is 18.2 Å². The summed E-state index contributed by atoms with van der Waals surface area (Å²) in [5.74, 6) is 1.74. The van der Waals surface area contributed by atoms with Gasteiger partial charge in [-0.15, -0.1) is 0 Å². The maximum atomic E-state index is 9.80. The summed E-state index contributed by atoms with van der Waals surface area (Å²) < 4.78 is 21.5. The molecule has 3 aromatic rings. The van der Waals surface area contributed by atoms with Gasteiger partial charge in [-0.2, -0.15) is 5.10 Å². The number of benzene rings is 2. The van der Waals surface area contributed by atoms with E-state index >= 15 is 0 Å². The summed E-state index contributed by atoms with van der Waals surface area (Å²) in [5, 5.41) is 17.6. The van der Waals surface area contributed by atoms with Gasteiger partial charge in [-0.3, -0.25) is 5.10 Å². The molecule has 4 rings (SSSR count). The van der Waals surface area contributed by atoms with E-state index in [1.54, 1.807) is 21.3 Å². The molecule has 0 saturated heterocycles. The molecule has 2 N–H and O–H groups in total. The highest BCUT2D eigenvalue weighted by Crippen LogP contribution is 2.45. The molecule has 0 aliphatic heterocycles. The van der Waals surface area contributed by atoms with Gasteiger partial charge in [-0.25, -0.2) is 0 Å². The van der Waals surface area contributed by atoms with Crippen LogP contribution in [0.15, 0.2) is 30.3 Å². The minimum absolute atomic E-state index is 0.460. The van der Waals surface area contributed by atoms with Crippen LogP contribution in [-0.2, 0) is 24.0 Å². The van der Waals surface area contributed by atoms with E-state index in [1.165, 1.54) is 12.7 Å². The van der Waals surface area contributed by atoms with Crippen LogP contribution in [0.1, 0.15) is 16.8 Å². The minimum Gasteiger partial charge on any atom is -0.493 e. The molecule has 2 aromatic carbocycles. The molecule has 0 radical (unpaired) electrons. The lowest BCUT2D eigenvalue weighted by Crippen LogP contribution is -2.13. The van der Waals surface area contributed by atoms with E-state index in [9.17, 15) is 5.11 Å². The first-order valence-corrected chi connectivity index (χ1v) is 9.80. The third-order valence-electron chi connectivity index (χ3n) is 5.55. The first-order valence-electron chi connectivity index (χ1n) is 9.80. The van der Waals surface area contributed by atoms with Crippen LogP contribution in [0.3, 0.4) is 0 Å². The van der Waals surface area contributed by atoms with Crippen LogP contribution in [0.5, 0.6) is 17.2 Å².